The molecule has 1 fully saturated rings. The second-order valence-corrected chi connectivity index (χ2v) is 3.10. The second kappa shape index (κ2) is 4.39. The molecule has 78 valence electrons. The highest BCUT2D eigenvalue weighted by Gasteiger charge is 2.14. The number of hydrogen-bond donors (Lipinski definition) is 1. The maximum absolute atomic E-state index is 5.43. The van der Waals surface area contributed by atoms with Crippen LogP contribution in [0.25, 0.3) is 0 Å². The lowest BCUT2D eigenvalue weighted by Crippen LogP contribution is -2.34. The van der Waals surface area contributed by atoms with Gasteiger partial charge in [0.1, 0.15) is 0 Å². The van der Waals surface area contributed by atoms with Crippen LogP contribution in [0.15, 0.2) is 4.52 Å². The van der Waals surface area contributed by atoms with Crippen molar-refractivity contribution in [2.45, 2.75) is 13.0 Å². The molecule has 1 saturated heterocycles. The van der Waals surface area contributed by atoms with Crippen molar-refractivity contribution in [2.75, 3.05) is 31.7 Å². The van der Waals surface area contributed by atoms with Gasteiger partial charge in [-0.2, -0.15) is 4.98 Å². The van der Waals surface area contributed by atoms with Crippen LogP contribution in [0.2, 0.25) is 0 Å². The van der Waals surface area contributed by atoms with E-state index in [1.165, 1.54) is 0 Å². The van der Waals surface area contributed by atoms with Gasteiger partial charge in [-0.15, -0.1) is 0 Å². The summed E-state index contributed by atoms with van der Waals surface area (Å²) in [6, 6.07) is 0.427. The molecule has 0 radical (unpaired) electrons. The predicted octanol–water partition coefficient (Wildman–Crippen LogP) is 0.205. The summed E-state index contributed by atoms with van der Waals surface area (Å²) in [6.07, 6.45) is 0.0657. The smallest absolute Gasteiger partial charge is 0.321 e. The van der Waals surface area contributed by atoms with E-state index in [1.54, 1.807) is 6.92 Å². The summed E-state index contributed by atoms with van der Waals surface area (Å²) >= 11 is 0. The van der Waals surface area contributed by atoms with Gasteiger partial charge in [0.15, 0.2) is 5.82 Å². The van der Waals surface area contributed by atoms with Gasteiger partial charge in [-0.1, -0.05) is 5.16 Å². The number of aryl methyl sites for hydroxylation is 1. The van der Waals surface area contributed by atoms with E-state index in [1.807, 2.05) is 0 Å². The highest BCUT2D eigenvalue weighted by atomic mass is 16.6. The molecule has 1 aliphatic heterocycles. The van der Waals surface area contributed by atoms with Crippen LogP contribution in [0.4, 0.5) is 6.01 Å². The largest absolute Gasteiger partial charge is 0.376 e. The van der Waals surface area contributed by atoms with Gasteiger partial charge in [-0.05, 0) is 6.92 Å². The van der Waals surface area contributed by atoms with Gasteiger partial charge < -0.3 is 19.3 Å². The Morgan fingerprint density at radius 1 is 1.50 bits per heavy atom. The van der Waals surface area contributed by atoms with Crippen LogP contribution in [0.1, 0.15) is 5.82 Å². The van der Waals surface area contributed by atoms with Crippen LogP contribution in [0, 0.1) is 6.92 Å². The second-order valence-electron chi connectivity index (χ2n) is 3.10. The predicted molar refractivity (Wildman–Crippen MR) is 48.1 cm³/mol. The third-order valence-corrected chi connectivity index (χ3v) is 1.89. The summed E-state index contributed by atoms with van der Waals surface area (Å²) in [4.78, 5) is 4.01. The molecular weight excluding hydrogens is 186 g/mol. The van der Waals surface area contributed by atoms with Gasteiger partial charge in [0, 0.05) is 6.54 Å². The van der Waals surface area contributed by atoms with Crippen molar-refractivity contribution in [3.8, 4) is 0 Å². The molecule has 0 saturated carbocycles. The molecule has 6 heteroatoms. The molecule has 2 rings (SSSR count). The highest BCUT2D eigenvalue weighted by Crippen LogP contribution is 2.05. The van der Waals surface area contributed by atoms with Gasteiger partial charge >= 0.3 is 6.01 Å². The van der Waals surface area contributed by atoms with Gasteiger partial charge in [0.05, 0.1) is 25.9 Å². The fourth-order valence-corrected chi connectivity index (χ4v) is 1.22. The molecule has 14 heavy (non-hydrogen) atoms. The monoisotopic (exact) mass is 199 g/mol. The minimum Gasteiger partial charge on any atom is -0.376 e. The van der Waals surface area contributed by atoms with E-state index in [4.69, 9.17) is 14.0 Å². The third kappa shape index (κ3) is 2.43. The minimum atomic E-state index is 0.0657. The van der Waals surface area contributed by atoms with Gasteiger partial charge in [0.2, 0.25) is 0 Å². The van der Waals surface area contributed by atoms with Crippen LogP contribution < -0.4 is 5.32 Å². The van der Waals surface area contributed by atoms with Crippen molar-refractivity contribution in [1.29, 1.82) is 0 Å². The average Bonchev–Trinajstić information content (AvgIpc) is 2.63. The minimum absolute atomic E-state index is 0.0657. The molecule has 1 N–H and O–H groups in total. The topological polar surface area (TPSA) is 69.4 Å². The van der Waals surface area contributed by atoms with Crippen molar-refractivity contribution >= 4 is 6.01 Å². The third-order valence-electron chi connectivity index (χ3n) is 1.89. The van der Waals surface area contributed by atoms with E-state index < -0.39 is 0 Å². The maximum atomic E-state index is 5.43. The summed E-state index contributed by atoms with van der Waals surface area (Å²) < 4.78 is 15.6. The van der Waals surface area contributed by atoms with Crippen molar-refractivity contribution in [2.24, 2.45) is 0 Å². The van der Waals surface area contributed by atoms with Crippen molar-refractivity contribution in [3.05, 3.63) is 5.82 Å². The first-order chi connectivity index (χ1) is 6.84. The first-order valence-electron chi connectivity index (χ1n) is 4.58. The summed E-state index contributed by atoms with van der Waals surface area (Å²) in [5.41, 5.74) is 0. The summed E-state index contributed by atoms with van der Waals surface area (Å²) in [7, 11) is 0. The Labute approximate surface area is 81.6 Å². The normalized spacial score (nSPS) is 22.2. The van der Waals surface area contributed by atoms with Crippen molar-refractivity contribution in [1.82, 2.24) is 10.1 Å². The molecule has 1 atom stereocenters. The van der Waals surface area contributed by atoms with Gasteiger partial charge in [0.25, 0.3) is 0 Å². The van der Waals surface area contributed by atoms with Crippen molar-refractivity contribution in [3.63, 3.8) is 0 Å². The fourth-order valence-electron chi connectivity index (χ4n) is 1.22. The Balaban J connectivity index is 1.76. The van der Waals surface area contributed by atoms with Gasteiger partial charge in [-0.3, -0.25) is 0 Å². The molecule has 0 aliphatic carbocycles. The first-order valence-corrected chi connectivity index (χ1v) is 4.58. The molecular formula is C8H13N3O3. The number of nitrogens with one attached hydrogen (secondary N) is 1. The standard InChI is InChI=1S/C8H13N3O3/c1-6-10-8(14-11-6)9-4-7-5-12-2-3-13-7/h7H,2-5H2,1H3,(H,9,10,11). The van der Waals surface area contributed by atoms with E-state index in [2.05, 4.69) is 15.5 Å². The van der Waals surface area contributed by atoms with E-state index in [-0.39, 0.29) is 6.10 Å². The zero-order valence-electron chi connectivity index (χ0n) is 8.02. The molecule has 1 aromatic heterocycles. The highest BCUT2D eigenvalue weighted by molar-refractivity contribution is 5.17. The molecule has 2 heterocycles. The number of hydrogen-bond acceptors (Lipinski definition) is 6. The maximum Gasteiger partial charge on any atom is 0.321 e. The lowest BCUT2D eigenvalue weighted by atomic mass is 10.3. The van der Waals surface area contributed by atoms with E-state index in [9.17, 15) is 0 Å². The molecule has 0 amide bonds. The quantitative estimate of drug-likeness (QED) is 0.750. The molecule has 1 unspecified atom stereocenters. The first kappa shape index (κ1) is 9.42. The number of nitrogens with zero attached hydrogens (tertiary/aromatic N) is 2. The molecule has 6 nitrogen and oxygen atoms in total. The van der Waals surface area contributed by atoms with E-state index >= 15 is 0 Å². The lowest BCUT2D eigenvalue weighted by Gasteiger charge is -2.22. The SMILES string of the molecule is Cc1noc(NCC2COCCO2)n1. The summed E-state index contributed by atoms with van der Waals surface area (Å²) in [5.74, 6) is 0.619. The molecule has 1 aliphatic rings. The average molecular weight is 199 g/mol. The number of anilines is 1. The zero-order valence-corrected chi connectivity index (χ0v) is 8.02. The van der Waals surface area contributed by atoms with Crippen LogP contribution in [-0.2, 0) is 9.47 Å². The van der Waals surface area contributed by atoms with Crippen LogP contribution in [0.3, 0.4) is 0 Å². The number of aromatic nitrogens is 2. The Morgan fingerprint density at radius 2 is 2.43 bits per heavy atom. The Hall–Kier alpha value is -1.14. The van der Waals surface area contributed by atoms with Crippen LogP contribution in [0.5, 0.6) is 0 Å². The number of rotatable bonds is 3. The molecule has 0 spiro atoms. The Kier molecular flexibility index (Phi) is 2.95. The summed E-state index contributed by atoms with van der Waals surface area (Å²) in [6.45, 7) is 4.34. The van der Waals surface area contributed by atoms with E-state index in [0.29, 0.717) is 38.2 Å². The fraction of sp³-hybridized carbons (Fsp3) is 0.750. The number of ether oxygens (including phenoxy) is 2. The zero-order chi connectivity index (χ0) is 9.80. The molecule has 1 aromatic rings. The van der Waals surface area contributed by atoms with E-state index in [0.717, 1.165) is 0 Å². The Morgan fingerprint density at radius 3 is 3.07 bits per heavy atom. The van der Waals surface area contributed by atoms with Crippen LogP contribution in [-0.4, -0.2) is 42.6 Å². The van der Waals surface area contributed by atoms with Crippen LogP contribution >= 0.6 is 0 Å². The van der Waals surface area contributed by atoms with Gasteiger partial charge in [-0.25, -0.2) is 0 Å². The lowest BCUT2D eigenvalue weighted by molar-refractivity contribution is -0.0820. The molecule has 0 bridgehead atoms. The Bertz CT molecular complexity index is 283. The summed E-state index contributed by atoms with van der Waals surface area (Å²) in [5, 5.41) is 6.65. The van der Waals surface area contributed by atoms with Crippen molar-refractivity contribution < 1.29 is 14.0 Å². The molecule has 0 aromatic carbocycles.